The summed E-state index contributed by atoms with van der Waals surface area (Å²) in [7, 11) is 0. The topological polar surface area (TPSA) is 74.8 Å². The number of carbonyl (C=O) groups excluding carboxylic acids is 4. The second-order valence-electron chi connectivity index (χ2n) is 8.79. The van der Waals surface area contributed by atoms with Crippen LogP contribution in [-0.4, -0.2) is 40.1 Å². The van der Waals surface area contributed by atoms with Gasteiger partial charge >= 0.3 is 0 Å². The maximum atomic E-state index is 13.6. The Morgan fingerprint density at radius 1 is 0.970 bits per heavy atom. The number of hydrogen-bond donors (Lipinski definition) is 0. The highest BCUT2D eigenvalue weighted by Gasteiger charge is 2.62. The third-order valence-electron chi connectivity index (χ3n) is 7.00. The van der Waals surface area contributed by atoms with E-state index in [1.165, 1.54) is 18.2 Å². The van der Waals surface area contributed by atoms with E-state index in [0.717, 1.165) is 33.8 Å². The lowest BCUT2D eigenvalue weighted by molar-refractivity contribution is -0.154. The molecule has 1 saturated heterocycles. The molecular formula is C24H19BrCl2N2O4. The van der Waals surface area contributed by atoms with Crippen LogP contribution in [-0.2, 0) is 9.59 Å². The first-order valence-corrected chi connectivity index (χ1v) is 12.2. The molecule has 2 bridgehead atoms. The fourth-order valence-electron chi connectivity index (χ4n) is 5.53. The van der Waals surface area contributed by atoms with Crippen molar-refractivity contribution in [2.75, 3.05) is 6.54 Å². The Bertz CT molecular complexity index is 1160. The monoisotopic (exact) mass is 548 g/mol. The number of fused-ring (bicyclic) bond motifs is 5. The molecule has 3 aliphatic rings. The van der Waals surface area contributed by atoms with Gasteiger partial charge in [-0.3, -0.25) is 19.2 Å². The molecule has 9 heteroatoms. The van der Waals surface area contributed by atoms with Crippen LogP contribution in [0.1, 0.15) is 40.0 Å². The van der Waals surface area contributed by atoms with Crippen LogP contribution in [0.5, 0.6) is 0 Å². The molecule has 0 spiro atoms. The highest BCUT2D eigenvalue weighted by Crippen LogP contribution is 2.56. The highest BCUT2D eigenvalue weighted by molar-refractivity contribution is 9.10. The van der Waals surface area contributed by atoms with E-state index in [-0.39, 0.29) is 22.4 Å². The van der Waals surface area contributed by atoms with Crippen LogP contribution < -0.4 is 0 Å². The number of halogens is 3. The third kappa shape index (κ3) is 3.80. The molecule has 0 N–H and O–H groups in total. The van der Waals surface area contributed by atoms with Gasteiger partial charge in [0, 0.05) is 15.1 Å². The van der Waals surface area contributed by atoms with Gasteiger partial charge in [-0.1, -0.05) is 51.3 Å². The summed E-state index contributed by atoms with van der Waals surface area (Å²) in [5, 5.41) is 2.28. The van der Waals surface area contributed by atoms with Crippen LogP contribution in [0.25, 0.3) is 0 Å². The molecule has 3 fully saturated rings. The van der Waals surface area contributed by atoms with Gasteiger partial charge in [0.1, 0.15) is 6.54 Å². The van der Waals surface area contributed by atoms with Crippen LogP contribution >= 0.6 is 39.1 Å². The van der Waals surface area contributed by atoms with E-state index in [9.17, 15) is 19.2 Å². The molecule has 170 valence electrons. The molecule has 2 aromatic rings. The van der Waals surface area contributed by atoms with Gasteiger partial charge in [-0.15, -0.1) is 0 Å². The Kier molecular flexibility index (Phi) is 5.83. The number of amides is 3. The number of Topliss-reactive ketones (excluding diaryl/α,β-unsaturated/α-hetero) is 1. The predicted molar refractivity (Wildman–Crippen MR) is 126 cm³/mol. The van der Waals surface area contributed by atoms with Crippen molar-refractivity contribution < 1.29 is 19.2 Å². The van der Waals surface area contributed by atoms with Crippen molar-refractivity contribution in [3.05, 3.63) is 68.1 Å². The quantitative estimate of drug-likeness (QED) is 0.387. The van der Waals surface area contributed by atoms with E-state index >= 15 is 0 Å². The summed E-state index contributed by atoms with van der Waals surface area (Å²) in [5.41, 5.74) is 0.419. The van der Waals surface area contributed by atoms with Crippen LogP contribution in [0.3, 0.4) is 0 Å². The summed E-state index contributed by atoms with van der Waals surface area (Å²) in [6.07, 6.45) is 2.69. The molecular weight excluding hydrogens is 531 g/mol. The van der Waals surface area contributed by atoms with Crippen LogP contribution in [0.2, 0.25) is 10.0 Å². The van der Waals surface area contributed by atoms with Crippen molar-refractivity contribution in [2.24, 2.45) is 23.7 Å². The van der Waals surface area contributed by atoms with Gasteiger partial charge in [-0.25, -0.2) is 5.01 Å². The lowest BCUT2D eigenvalue weighted by atomic mass is 9.81. The van der Waals surface area contributed by atoms with Gasteiger partial charge < -0.3 is 0 Å². The van der Waals surface area contributed by atoms with Crippen molar-refractivity contribution in [1.29, 1.82) is 0 Å². The Balaban J connectivity index is 1.52. The number of hydrogen-bond acceptors (Lipinski definition) is 4. The number of benzene rings is 2. The van der Waals surface area contributed by atoms with Crippen molar-refractivity contribution >= 4 is 62.6 Å². The summed E-state index contributed by atoms with van der Waals surface area (Å²) in [6.45, 7) is -0.467. The number of carbonyl (C=O) groups is 4. The van der Waals surface area contributed by atoms with Crippen LogP contribution in [0.15, 0.2) is 46.9 Å². The number of imide groups is 1. The Morgan fingerprint density at radius 3 is 2.15 bits per heavy atom. The maximum Gasteiger partial charge on any atom is 0.274 e. The second kappa shape index (κ2) is 8.53. The van der Waals surface area contributed by atoms with E-state index in [2.05, 4.69) is 15.9 Å². The molecule has 2 aromatic carbocycles. The molecule has 33 heavy (non-hydrogen) atoms. The molecule has 1 heterocycles. The average Bonchev–Trinajstić information content (AvgIpc) is 3.46. The fraction of sp³-hybridized carbons (Fsp3) is 0.333. The lowest BCUT2D eigenvalue weighted by Gasteiger charge is -2.31. The van der Waals surface area contributed by atoms with Gasteiger partial charge in [0.15, 0.2) is 5.78 Å². The molecule has 6 nitrogen and oxygen atoms in total. The van der Waals surface area contributed by atoms with Crippen molar-refractivity contribution in [3.63, 3.8) is 0 Å². The van der Waals surface area contributed by atoms with Gasteiger partial charge in [0.05, 0.1) is 22.4 Å². The minimum atomic E-state index is -0.698. The summed E-state index contributed by atoms with van der Waals surface area (Å²) in [6, 6.07) is 11.0. The number of hydrazine groups is 1. The first kappa shape index (κ1) is 22.6. The zero-order chi connectivity index (χ0) is 23.4. The predicted octanol–water partition coefficient (Wildman–Crippen LogP) is 5.03. The first-order chi connectivity index (χ1) is 15.8. The third-order valence-corrected chi connectivity index (χ3v) is 8.08. The van der Waals surface area contributed by atoms with Gasteiger partial charge in [0.25, 0.3) is 17.7 Å². The summed E-state index contributed by atoms with van der Waals surface area (Å²) in [5.74, 6) is -2.44. The molecule has 4 atom stereocenters. The molecule has 5 rings (SSSR count). The fourth-order valence-corrected chi connectivity index (χ4v) is 6.28. The zero-order valence-electron chi connectivity index (χ0n) is 17.3. The van der Waals surface area contributed by atoms with Crippen molar-refractivity contribution in [3.8, 4) is 0 Å². The molecule has 2 saturated carbocycles. The summed E-state index contributed by atoms with van der Waals surface area (Å²) >= 11 is 15.6. The number of nitrogens with zero attached hydrogens (tertiary/aromatic N) is 2. The highest BCUT2D eigenvalue weighted by atomic mass is 79.9. The maximum absolute atomic E-state index is 13.6. The molecule has 3 amide bonds. The lowest BCUT2D eigenvalue weighted by Crippen LogP contribution is -2.52. The smallest absolute Gasteiger partial charge is 0.274 e. The number of ketones is 1. The summed E-state index contributed by atoms with van der Waals surface area (Å²) in [4.78, 5) is 53.5. The minimum Gasteiger partial charge on any atom is -0.292 e. The van der Waals surface area contributed by atoms with Gasteiger partial charge in [-0.2, -0.15) is 5.01 Å². The number of rotatable bonds is 5. The minimum absolute atomic E-state index is 0.0605. The normalized spacial score (nSPS) is 25.5. The Labute approximate surface area is 208 Å². The van der Waals surface area contributed by atoms with Crippen LogP contribution in [0, 0.1) is 23.7 Å². The largest absolute Gasteiger partial charge is 0.292 e. The molecule has 0 radical (unpaired) electrons. The van der Waals surface area contributed by atoms with Crippen LogP contribution in [0.4, 0.5) is 0 Å². The van der Waals surface area contributed by atoms with E-state index in [1.807, 2.05) is 0 Å². The zero-order valence-corrected chi connectivity index (χ0v) is 20.4. The SMILES string of the molecule is O=C(CN(C(=O)c1ccc(Cl)cc1Cl)N1C(=O)[C@@H]2[C@H]3CC[C@@H](C3)[C@H]2C1=O)c1ccc(Br)cc1. The van der Waals surface area contributed by atoms with E-state index in [0.29, 0.717) is 10.6 Å². The van der Waals surface area contributed by atoms with E-state index in [1.54, 1.807) is 24.3 Å². The molecule has 0 unspecified atom stereocenters. The van der Waals surface area contributed by atoms with E-state index < -0.39 is 41.9 Å². The second-order valence-corrected chi connectivity index (χ2v) is 10.5. The Morgan fingerprint density at radius 2 is 1.58 bits per heavy atom. The first-order valence-electron chi connectivity index (χ1n) is 10.7. The van der Waals surface area contributed by atoms with E-state index in [4.69, 9.17) is 23.2 Å². The average molecular weight is 550 g/mol. The Hall–Kier alpha value is -2.22. The van der Waals surface area contributed by atoms with Crippen molar-refractivity contribution in [1.82, 2.24) is 10.0 Å². The van der Waals surface area contributed by atoms with Crippen molar-refractivity contribution in [2.45, 2.75) is 19.3 Å². The molecule has 2 aliphatic carbocycles. The summed E-state index contributed by atoms with van der Waals surface area (Å²) < 4.78 is 0.799. The molecule has 0 aromatic heterocycles. The van der Waals surface area contributed by atoms with Gasteiger partial charge in [0.2, 0.25) is 0 Å². The molecule has 1 aliphatic heterocycles. The standard InChI is InChI=1S/C24H19BrCl2N2O4/c25-15-5-3-12(4-6-15)19(30)11-28(22(31)17-8-7-16(26)10-18(17)27)29-23(32)20-13-1-2-14(9-13)21(20)24(29)33/h3-8,10,13-14,20-21H,1-2,9,11H2/t13-,14-,20+,21+/m0/s1. The van der Waals surface area contributed by atoms with Gasteiger partial charge in [-0.05, 0) is 61.4 Å².